The first kappa shape index (κ1) is 23.3. The lowest BCUT2D eigenvalue weighted by molar-refractivity contribution is -0.184. The molecule has 6 heteroatoms. The molecule has 2 heterocycles. The number of rotatable bonds is 9. The quantitative estimate of drug-likeness (QED) is 0.459. The van der Waals surface area contributed by atoms with Gasteiger partial charge in [-0.25, -0.2) is 4.98 Å². The van der Waals surface area contributed by atoms with Gasteiger partial charge in [0.15, 0.2) is 5.79 Å². The van der Waals surface area contributed by atoms with E-state index in [-0.39, 0.29) is 11.5 Å². The van der Waals surface area contributed by atoms with Crippen LogP contribution >= 0.6 is 0 Å². The first-order chi connectivity index (χ1) is 15.9. The molecule has 1 fully saturated rings. The predicted molar refractivity (Wildman–Crippen MR) is 128 cm³/mol. The molecule has 0 saturated carbocycles. The number of nitrogens with zero attached hydrogens (tertiary/aromatic N) is 2. The fourth-order valence-corrected chi connectivity index (χ4v) is 4.02. The number of aromatic nitrogens is 2. The highest BCUT2D eigenvalue weighted by Crippen LogP contribution is 2.32. The molecule has 2 atom stereocenters. The van der Waals surface area contributed by atoms with Crippen LogP contribution in [0.2, 0.25) is 0 Å². The summed E-state index contributed by atoms with van der Waals surface area (Å²) in [4.78, 5) is 4.17. The Balaban J connectivity index is 1.38. The predicted octanol–water partition coefficient (Wildman–Crippen LogP) is 5.01. The Hall–Kier alpha value is -2.83. The largest absolute Gasteiger partial charge is 0.497 e. The molecule has 1 saturated heterocycles. The molecule has 176 valence electrons. The first-order valence-electron chi connectivity index (χ1n) is 11.5. The van der Waals surface area contributed by atoms with Crippen molar-refractivity contribution in [3.63, 3.8) is 0 Å². The minimum absolute atomic E-state index is 0.123. The molecule has 0 radical (unpaired) electrons. The number of aryl methyl sites for hydroxylation is 1. The van der Waals surface area contributed by atoms with Crippen molar-refractivity contribution in [2.24, 2.45) is 0 Å². The Morgan fingerprint density at radius 1 is 1.06 bits per heavy atom. The third-order valence-corrected chi connectivity index (χ3v) is 6.01. The summed E-state index contributed by atoms with van der Waals surface area (Å²) in [5, 5.41) is 0. The molecule has 1 aliphatic rings. The highest BCUT2D eigenvalue weighted by Gasteiger charge is 2.42. The summed E-state index contributed by atoms with van der Waals surface area (Å²) in [6.07, 6.45) is 6.93. The van der Waals surface area contributed by atoms with Gasteiger partial charge in [-0.15, -0.1) is 0 Å². The molecule has 33 heavy (non-hydrogen) atoms. The monoisotopic (exact) mass is 450 g/mol. The smallest absolute Gasteiger partial charge is 0.187 e. The van der Waals surface area contributed by atoms with E-state index in [0.717, 1.165) is 24.3 Å². The molecule has 0 spiro atoms. The summed E-state index contributed by atoms with van der Waals surface area (Å²) in [5.74, 6) is 0.981. The van der Waals surface area contributed by atoms with Gasteiger partial charge in [-0.2, -0.15) is 0 Å². The molecule has 2 aromatic carbocycles. The second-order valence-electron chi connectivity index (χ2n) is 9.63. The van der Waals surface area contributed by atoms with Gasteiger partial charge in [0.05, 0.1) is 26.6 Å². The Labute approximate surface area is 196 Å². The molecular formula is C27H34N2O4. The maximum atomic E-state index is 6.47. The van der Waals surface area contributed by atoms with Crippen LogP contribution in [0.3, 0.4) is 0 Å². The Morgan fingerprint density at radius 3 is 2.42 bits per heavy atom. The van der Waals surface area contributed by atoms with E-state index in [1.54, 1.807) is 19.6 Å². The summed E-state index contributed by atoms with van der Waals surface area (Å²) in [6.45, 7) is 8.15. The highest BCUT2D eigenvalue weighted by molar-refractivity contribution is 5.31. The molecule has 2 unspecified atom stereocenters. The van der Waals surface area contributed by atoms with Gasteiger partial charge in [-0.3, -0.25) is 0 Å². The van der Waals surface area contributed by atoms with Crippen LogP contribution < -0.4 is 9.47 Å². The van der Waals surface area contributed by atoms with E-state index in [1.807, 2.05) is 35.0 Å². The standard InChI is InChI=1S/C27H34N2O4/c1-26(2,3)22-7-11-24(12-8-22)31-17-25-18-32-27(33-25,19-29-16-15-28-20-29)14-13-21-5-9-23(30-4)10-6-21/h5-12,15-16,20,25H,13-14,17-19H2,1-4H3. The van der Waals surface area contributed by atoms with E-state index < -0.39 is 5.79 Å². The average Bonchev–Trinajstić information content (AvgIpc) is 3.47. The molecule has 6 nitrogen and oxygen atoms in total. The van der Waals surface area contributed by atoms with Gasteiger partial charge in [-0.05, 0) is 47.2 Å². The molecule has 0 aliphatic carbocycles. The van der Waals surface area contributed by atoms with Crippen LogP contribution in [0.4, 0.5) is 0 Å². The van der Waals surface area contributed by atoms with E-state index >= 15 is 0 Å². The third-order valence-electron chi connectivity index (χ3n) is 6.01. The summed E-state index contributed by atoms with van der Waals surface area (Å²) in [7, 11) is 1.68. The number of hydrogen-bond acceptors (Lipinski definition) is 5. The van der Waals surface area contributed by atoms with E-state index in [2.05, 4.69) is 50.0 Å². The van der Waals surface area contributed by atoms with E-state index in [1.165, 1.54) is 11.1 Å². The molecule has 0 bridgehead atoms. The van der Waals surface area contributed by atoms with Crippen molar-refractivity contribution < 1.29 is 18.9 Å². The fraction of sp³-hybridized carbons (Fsp3) is 0.444. The van der Waals surface area contributed by atoms with Gasteiger partial charge in [-0.1, -0.05) is 45.0 Å². The normalized spacial score (nSPS) is 20.7. The molecule has 4 rings (SSSR count). The zero-order chi connectivity index (χ0) is 23.3. The minimum atomic E-state index is -0.718. The zero-order valence-corrected chi connectivity index (χ0v) is 20.0. The van der Waals surface area contributed by atoms with Crippen molar-refractivity contribution >= 4 is 0 Å². The first-order valence-corrected chi connectivity index (χ1v) is 11.5. The summed E-state index contributed by atoms with van der Waals surface area (Å²) < 4.78 is 26.0. The SMILES string of the molecule is COc1ccc(CCC2(Cn3ccnc3)OCC(COc3ccc(C(C)(C)C)cc3)O2)cc1. The molecule has 1 aromatic heterocycles. The summed E-state index contributed by atoms with van der Waals surface area (Å²) in [6, 6.07) is 16.4. The van der Waals surface area contributed by atoms with Gasteiger partial charge < -0.3 is 23.5 Å². The highest BCUT2D eigenvalue weighted by atomic mass is 16.8. The van der Waals surface area contributed by atoms with E-state index in [0.29, 0.717) is 19.8 Å². The number of imidazole rings is 1. The Bertz CT molecular complexity index is 994. The Kier molecular flexibility index (Phi) is 7.05. The third kappa shape index (κ3) is 6.15. The lowest BCUT2D eigenvalue weighted by Crippen LogP contribution is -2.37. The minimum Gasteiger partial charge on any atom is -0.497 e. The topological polar surface area (TPSA) is 54.7 Å². The number of hydrogen-bond donors (Lipinski definition) is 0. The molecular weight excluding hydrogens is 416 g/mol. The Morgan fingerprint density at radius 2 is 1.79 bits per heavy atom. The van der Waals surface area contributed by atoms with Crippen molar-refractivity contribution in [2.75, 3.05) is 20.3 Å². The van der Waals surface area contributed by atoms with Crippen molar-refractivity contribution in [3.8, 4) is 11.5 Å². The van der Waals surface area contributed by atoms with Gasteiger partial charge in [0, 0.05) is 18.8 Å². The maximum Gasteiger partial charge on any atom is 0.187 e. The summed E-state index contributed by atoms with van der Waals surface area (Å²) in [5.41, 5.74) is 2.62. The lowest BCUT2D eigenvalue weighted by atomic mass is 9.87. The van der Waals surface area contributed by atoms with Crippen LogP contribution in [0.25, 0.3) is 0 Å². The van der Waals surface area contributed by atoms with Crippen LogP contribution in [0, 0.1) is 0 Å². The van der Waals surface area contributed by atoms with Crippen LogP contribution in [0.5, 0.6) is 11.5 Å². The van der Waals surface area contributed by atoms with Gasteiger partial charge in [0.1, 0.15) is 24.2 Å². The van der Waals surface area contributed by atoms with Crippen LogP contribution in [-0.4, -0.2) is 41.8 Å². The average molecular weight is 451 g/mol. The molecule has 0 N–H and O–H groups in total. The number of methoxy groups -OCH3 is 1. The second kappa shape index (κ2) is 9.98. The molecule has 1 aliphatic heterocycles. The van der Waals surface area contributed by atoms with Crippen molar-refractivity contribution in [3.05, 3.63) is 78.4 Å². The maximum absolute atomic E-state index is 6.47. The lowest BCUT2D eigenvalue weighted by Gasteiger charge is -2.28. The van der Waals surface area contributed by atoms with Gasteiger partial charge in [0.2, 0.25) is 0 Å². The van der Waals surface area contributed by atoms with Crippen molar-refractivity contribution in [1.29, 1.82) is 0 Å². The van der Waals surface area contributed by atoms with E-state index in [9.17, 15) is 0 Å². The summed E-state index contributed by atoms with van der Waals surface area (Å²) >= 11 is 0. The number of ether oxygens (including phenoxy) is 4. The van der Waals surface area contributed by atoms with Gasteiger partial charge >= 0.3 is 0 Å². The van der Waals surface area contributed by atoms with Crippen LogP contribution in [0.1, 0.15) is 38.3 Å². The zero-order valence-electron chi connectivity index (χ0n) is 20.0. The fourth-order valence-electron chi connectivity index (χ4n) is 4.02. The molecule has 3 aromatic rings. The number of benzene rings is 2. The van der Waals surface area contributed by atoms with Crippen molar-refractivity contribution in [1.82, 2.24) is 9.55 Å². The van der Waals surface area contributed by atoms with Crippen LogP contribution in [-0.2, 0) is 27.9 Å². The van der Waals surface area contributed by atoms with Gasteiger partial charge in [0.25, 0.3) is 0 Å². The molecule has 0 amide bonds. The van der Waals surface area contributed by atoms with E-state index in [4.69, 9.17) is 18.9 Å². The van der Waals surface area contributed by atoms with Crippen LogP contribution in [0.15, 0.2) is 67.3 Å². The second-order valence-corrected chi connectivity index (χ2v) is 9.63. The van der Waals surface area contributed by atoms with Crippen molar-refractivity contribution in [2.45, 2.75) is 57.5 Å².